The van der Waals surface area contributed by atoms with Crippen molar-refractivity contribution in [1.29, 1.82) is 0 Å². The van der Waals surface area contributed by atoms with Gasteiger partial charge in [0.05, 0.1) is 27.8 Å². The van der Waals surface area contributed by atoms with Crippen molar-refractivity contribution in [3.63, 3.8) is 0 Å². The number of imide groups is 1. The van der Waals surface area contributed by atoms with E-state index in [0.29, 0.717) is 45.1 Å². The summed E-state index contributed by atoms with van der Waals surface area (Å²) in [6.07, 6.45) is -2.63. The second-order valence-corrected chi connectivity index (χ2v) is 9.15. The number of hydrogen-bond donors (Lipinski definition) is 1. The number of pyridine rings is 1. The minimum Gasteiger partial charge on any atom is -0.349 e. The Hall–Kier alpha value is -4.53. The molecule has 0 saturated heterocycles. The van der Waals surface area contributed by atoms with Crippen LogP contribution in [-0.2, 0) is 6.18 Å². The molecule has 1 N–H and O–H groups in total. The third-order valence-corrected chi connectivity index (χ3v) is 6.54. The summed E-state index contributed by atoms with van der Waals surface area (Å²) in [6, 6.07) is 18.1. The van der Waals surface area contributed by atoms with Crippen LogP contribution in [0.5, 0.6) is 0 Å². The second-order valence-electron chi connectivity index (χ2n) is 9.15. The third kappa shape index (κ3) is 4.74. The lowest BCUT2D eigenvalue weighted by atomic mass is 10.00. The van der Waals surface area contributed by atoms with Crippen LogP contribution in [0, 0.1) is 0 Å². The summed E-state index contributed by atoms with van der Waals surface area (Å²) in [5, 5.41) is 3.53. The van der Waals surface area contributed by atoms with Gasteiger partial charge < -0.3 is 5.32 Å². The first-order valence-corrected chi connectivity index (χ1v) is 12.0. The van der Waals surface area contributed by atoms with Gasteiger partial charge in [-0.15, -0.1) is 0 Å². The highest BCUT2D eigenvalue weighted by molar-refractivity contribution is 6.21. The Kier molecular flexibility index (Phi) is 6.44. The summed E-state index contributed by atoms with van der Waals surface area (Å²) in [7, 11) is 0. The van der Waals surface area contributed by atoms with Crippen LogP contribution in [0.2, 0.25) is 0 Å². The van der Waals surface area contributed by atoms with E-state index in [4.69, 9.17) is 0 Å². The van der Waals surface area contributed by atoms with Gasteiger partial charge in [-0.05, 0) is 49.2 Å². The van der Waals surface area contributed by atoms with Crippen LogP contribution < -0.4 is 5.32 Å². The molecule has 0 bridgehead atoms. The first-order valence-electron chi connectivity index (χ1n) is 12.0. The molecule has 0 saturated carbocycles. The summed E-state index contributed by atoms with van der Waals surface area (Å²) in [5.74, 6) is -1.05. The van der Waals surface area contributed by atoms with Gasteiger partial charge in [0.25, 0.3) is 17.7 Å². The number of aromatic nitrogens is 1. The first-order chi connectivity index (χ1) is 18.1. The van der Waals surface area contributed by atoms with Crippen LogP contribution in [0.3, 0.4) is 0 Å². The Morgan fingerprint density at radius 3 is 2.18 bits per heavy atom. The SMILES string of the molecule is C[C@H](CCN1C(=O)c2ccccc2C1=O)NC(=O)c1cnc2c(-c3ccc(C(F)(F)F)cc3)cccc2c1. The predicted molar refractivity (Wildman–Crippen MR) is 136 cm³/mol. The van der Waals surface area contributed by atoms with Crippen LogP contribution >= 0.6 is 0 Å². The van der Waals surface area contributed by atoms with Crippen molar-refractivity contribution in [3.05, 3.63) is 101 Å². The Bertz CT molecular complexity index is 1530. The van der Waals surface area contributed by atoms with Crippen molar-refractivity contribution in [2.75, 3.05) is 6.54 Å². The number of nitrogens with one attached hydrogen (secondary N) is 1. The summed E-state index contributed by atoms with van der Waals surface area (Å²) >= 11 is 0. The molecule has 38 heavy (non-hydrogen) atoms. The largest absolute Gasteiger partial charge is 0.416 e. The van der Waals surface area contributed by atoms with Crippen LogP contribution in [0.1, 0.15) is 50.0 Å². The molecule has 6 nitrogen and oxygen atoms in total. The number of carbonyl (C=O) groups excluding carboxylic acids is 3. The maximum atomic E-state index is 12.9. The molecule has 1 atom stereocenters. The number of carbonyl (C=O) groups is 3. The van der Waals surface area contributed by atoms with E-state index >= 15 is 0 Å². The average Bonchev–Trinajstić information content (AvgIpc) is 3.15. The highest BCUT2D eigenvalue weighted by atomic mass is 19.4. The fraction of sp³-hybridized carbons (Fsp3) is 0.172. The molecule has 1 aromatic heterocycles. The number of benzene rings is 3. The maximum absolute atomic E-state index is 12.9. The Balaban J connectivity index is 1.26. The number of alkyl halides is 3. The molecule has 9 heteroatoms. The lowest BCUT2D eigenvalue weighted by molar-refractivity contribution is -0.137. The van der Waals surface area contributed by atoms with Crippen molar-refractivity contribution in [3.8, 4) is 11.1 Å². The highest BCUT2D eigenvalue weighted by Gasteiger charge is 2.35. The summed E-state index contributed by atoms with van der Waals surface area (Å²) in [6.45, 7) is 1.95. The van der Waals surface area contributed by atoms with Crippen molar-refractivity contribution in [2.45, 2.75) is 25.6 Å². The number of fused-ring (bicyclic) bond motifs is 2. The normalized spacial score (nSPS) is 14.1. The van der Waals surface area contributed by atoms with Crippen molar-refractivity contribution in [2.24, 2.45) is 0 Å². The number of nitrogens with zero attached hydrogens (tertiary/aromatic N) is 2. The zero-order chi connectivity index (χ0) is 27.0. The summed E-state index contributed by atoms with van der Waals surface area (Å²) in [4.78, 5) is 43.6. The van der Waals surface area contributed by atoms with Gasteiger partial charge in [-0.25, -0.2) is 0 Å². The molecular weight excluding hydrogens is 495 g/mol. The molecule has 1 aliphatic heterocycles. The van der Waals surface area contributed by atoms with E-state index in [-0.39, 0.29) is 30.3 Å². The fourth-order valence-electron chi connectivity index (χ4n) is 4.50. The van der Waals surface area contributed by atoms with Gasteiger partial charge in [0.2, 0.25) is 0 Å². The van der Waals surface area contributed by atoms with E-state index in [0.717, 1.165) is 12.1 Å². The van der Waals surface area contributed by atoms with Crippen LogP contribution in [0.4, 0.5) is 13.2 Å². The molecule has 3 aromatic carbocycles. The predicted octanol–water partition coefficient (Wildman–Crippen LogP) is 5.73. The Morgan fingerprint density at radius 1 is 0.921 bits per heavy atom. The van der Waals surface area contributed by atoms with Crippen molar-refractivity contribution >= 4 is 28.6 Å². The second kappa shape index (κ2) is 9.74. The molecule has 4 aromatic rings. The van der Waals surface area contributed by atoms with Crippen LogP contribution in [0.15, 0.2) is 79.0 Å². The molecule has 192 valence electrons. The van der Waals surface area contributed by atoms with Gasteiger partial charge in [-0.2, -0.15) is 13.2 Å². The molecule has 0 radical (unpaired) electrons. The maximum Gasteiger partial charge on any atom is 0.416 e. The molecule has 5 rings (SSSR count). The summed E-state index contributed by atoms with van der Waals surface area (Å²) in [5.41, 5.74) is 2.13. The standard InChI is InChI=1S/C29H22F3N3O3/c1-17(13-14-35-27(37)23-6-2-3-7-24(23)28(35)38)34-26(36)20-15-19-5-4-8-22(25(19)33-16-20)18-9-11-21(12-10-18)29(30,31)32/h2-12,15-17H,13-14H2,1H3,(H,34,36)/t17-/m1/s1. The highest BCUT2D eigenvalue weighted by Crippen LogP contribution is 2.33. The molecule has 2 heterocycles. The minimum absolute atomic E-state index is 0.167. The molecule has 0 spiro atoms. The lowest BCUT2D eigenvalue weighted by Gasteiger charge is -2.18. The van der Waals surface area contributed by atoms with Gasteiger partial charge in [0.15, 0.2) is 0 Å². The van der Waals surface area contributed by atoms with Crippen molar-refractivity contribution in [1.82, 2.24) is 15.2 Å². The molecule has 0 aliphatic carbocycles. The zero-order valence-corrected chi connectivity index (χ0v) is 20.3. The smallest absolute Gasteiger partial charge is 0.349 e. The minimum atomic E-state index is -4.42. The first kappa shape index (κ1) is 25.1. The number of amides is 3. The van der Waals surface area contributed by atoms with E-state index in [1.165, 1.54) is 23.2 Å². The number of rotatable bonds is 6. The third-order valence-electron chi connectivity index (χ3n) is 6.54. The van der Waals surface area contributed by atoms with Crippen LogP contribution in [0.25, 0.3) is 22.0 Å². The summed E-state index contributed by atoms with van der Waals surface area (Å²) < 4.78 is 38.8. The number of hydrogen-bond acceptors (Lipinski definition) is 4. The molecule has 0 unspecified atom stereocenters. The van der Waals surface area contributed by atoms with Crippen LogP contribution in [-0.4, -0.2) is 40.2 Å². The monoisotopic (exact) mass is 517 g/mol. The fourth-order valence-corrected chi connectivity index (χ4v) is 4.50. The number of halogens is 3. The van der Waals surface area contributed by atoms with Crippen molar-refractivity contribution < 1.29 is 27.6 Å². The molecule has 0 fully saturated rings. The Morgan fingerprint density at radius 2 is 1.55 bits per heavy atom. The zero-order valence-electron chi connectivity index (χ0n) is 20.3. The molecule has 3 amide bonds. The molecule has 1 aliphatic rings. The van der Waals surface area contributed by atoms with E-state index in [1.54, 1.807) is 55.5 Å². The van der Waals surface area contributed by atoms with Gasteiger partial charge >= 0.3 is 6.18 Å². The van der Waals surface area contributed by atoms with Gasteiger partial charge in [0, 0.05) is 29.7 Å². The van der Waals surface area contributed by atoms with E-state index in [1.807, 2.05) is 0 Å². The quantitative estimate of drug-likeness (QED) is 0.332. The van der Waals surface area contributed by atoms with Gasteiger partial charge in [0.1, 0.15) is 0 Å². The average molecular weight is 518 g/mol. The number of para-hydroxylation sites is 1. The topological polar surface area (TPSA) is 79.4 Å². The Labute approximate surface area is 216 Å². The van der Waals surface area contributed by atoms with Gasteiger partial charge in [-0.3, -0.25) is 24.3 Å². The van der Waals surface area contributed by atoms with E-state index in [2.05, 4.69) is 10.3 Å². The van der Waals surface area contributed by atoms with E-state index < -0.39 is 11.7 Å². The van der Waals surface area contributed by atoms with E-state index in [9.17, 15) is 27.6 Å². The lowest BCUT2D eigenvalue weighted by Crippen LogP contribution is -2.38. The molecular formula is C29H22F3N3O3. The van der Waals surface area contributed by atoms with Gasteiger partial charge in [-0.1, -0.05) is 42.5 Å².